The monoisotopic (exact) mass is 394 g/mol. The highest BCUT2D eigenvalue weighted by Crippen LogP contribution is 2.38. The van der Waals surface area contributed by atoms with Crippen molar-refractivity contribution in [1.82, 2.24) is 9.55 Å². The van der Waals surface area contributed by atoms with Crippen LogP contribution < -0.4 is 20.5 Å². The molecule has 0 saturated heterocycles. The van der Waals surface area contributed by atoms with Crippen LogP contribution in [-0.4, -0.2) is 23.7 Å². The van der Waals surface area contributed by atoms with Gasteiger partial charge >= 0.3 is 5.69 Å². The highest BCUT2D eigenvalue weighted by molar-refractivity contribution is 5.74. The van der Waals surface area contributed by atoms with Gasteiger partial charge in [0.25, 0.3) is 0 Å². The molecule has 6 heteroatoms. The summed E-state index contributed by atoms with van der Waals surface area (Å²) in [6, 6.07) is 9.34. The van der Waals surface area contributed by atoms with Crippen LogP contribution in [0.25, 0.3) is 11.3 Å². The van der Waals surface area contributed by atoms with Gasteiger partial charge in [-0.1, -0.05) is 17.7 Å². The van der Waals surface area contributed by atoms with Gasteiger partial charge in [-0.2, -0.15) is 4.98 Å². The van der Waals surface area contributed by atoms with Crippen molar-refractivity contribution in [2.24, 2.45) is 0 Å². The van der Waals surface area contributed by atoms with Gasteiger partial charge in [0.05, 0.1) is 24.0 Å². The lowest BCUT2D eigenvalue weighted by Crippen LogP contribution is -2.28. The molecule has 0 amide bonds. The second-order valence-corrected chi connectivity index (χ2v) is 7.37. The standard InChI is InChI=1S/C23H25N3O3/c1-13-8-14(2)22(15(3)9-13)24-21-12-18-17-11-20(29-5)19(28-4)10-16(17)6-7-26(18)23(27)25-21/h8-12H,6-7H2,1-5H3,(H,24,25,27)/i5D3. The summed E-state index contributed by atoms with van der Waals surface area (Å²) in [5.41, 5.74) is 6.12. The van der Waals surface area contributed by atoms with Crippen LogP contribution in [0, 0.1) is 20.8 Å². The summed E-state index contributed by atoms with van der Waals surface area (Å²) in [6.07, 6.45) is 0.595. The number of anilines is 2. The molecule has 0 unspecified atom stereocenters. The molecule has 1 aliphatic heterocycles. The molecule has 0 aliphatic carbocycles. The number of hydrogen-bond donors (Lipinski definition) is 1. The van der Waals surface area contributed by atoms with E-state index in [2.05, 4.69) is 22.4 Å². The Morgan fingerprint density at radius 2 is 1.79 bits per heavy atom. The summed E-state index contributed by atoms with van der Waals surface area (Å²) < 4.78 is 34.5. The molecule has 0 bridgehead atoms. The van der Waals surface area contributed by atoms with Crippen molar-refractivity contribution in [1.29, 1.82) is 0 Å². The Balaban J connectivity index is 1.83. The molecule has 1 aromatic heterocycles. The zero-order valence-electron chi connectivity index (χ0n) is 19.9. The maximum Gasteiger partial charge on any atom is 0.350 e. The predicted octanol–water partition coefficient (Wildman–Crippen LogP) is 4.15. The van der Waals surface area contributed by atoms with E-state index in [0.717, 1.165) is 33.5 Å². The van der Waals surface area contributed by atoms with Gasteiger partial charge in [-0.25, -0.2) is 4.79 Å². The van der Waals surface area contributed by atoms with Crippen molar-refractivity contribution < 1.29 is 13.6 Å². The van der Waals surface area contributed by atoms with Crippen LogP contribution in [0.3, 0.4) is 0 Å². The number of hydrogen-bond acceptors (Lipinski definition) is 5. The molecule has 0 fully saturated rings. The van der Waals surface area contributed by atoms with E-state index < -0.39 is 7.04 Å². The third kappa shape index (κ3) is 3.35. The van der Waals surface area contributed by atoms with Crippen molar-refractivity contribution in [3.05, 3.63) is 63.1 Å². The Bertz CT molecular complexity index is 1240. The number of ether oxygens (including phenoxy) is 2. The average molecular weight is 394 g/mol. The molecule has 1 N–H and O–H groups in total. The largest absolute Gasteiger partial charge is 0.493 e. The third-order valence-corrected chi connectivity index (χ3v) is 5.32. The zero-order chi connectivity index (χ0) is 23.2. The number of nitrogens with one attached hydrogen (secondary N) is 1. The lowest BCUT2D eigenvalue weighted by molar-refractivity contribution is 0.354. The number of fused-ring (bicyclic) bond motifs is 3. The Labute approximate surface area is 174 Å². The van der Waals surface area contributed by atoms with E-state index in [0.29, 0.717) is 30.2 Å². The first kappa shape index (κ1) is 15.6. The molecule has 0 radical (unpaired) electrons. The number of benzene rings is 2. The highest BCUT2D eigenvalue weighted by atomic mass is 16.5. The van der Waals surface area contributed by atoms with Crippen molar-refractivity contribution >= 4 is 11.5 Å². The maximum atomic E-state index is 12.8. The number of aromatic nitrogens is 2. The average Bonchev–Trinajstić information content (AvgIpc) is 2.69. The summed E-state index contributed by atoms with van der Waals surface area (Å²) in [7, 11) is -1.16. The van der Waals surface area contributed by atoms with Crippen molar-refractivity contribution in [3.8, 4) is 22.8 Å². The third-order valence-electron chi connectivity index (χ3n) is 5.32. The molecular formula is C23H25N3O3. The SMILES string of the molecule is [2H]C([2H])([2H])Oc1cc2c(cc1OC)CCn1c-2cc(Nc2c(C)cc(C)cc2C)nc1=O. The molecule has 6 nitrogen and oxygen atoms in total. The van der Waals surface area contributed by atoms with E-state index in [1.54, 1.807) is 16.7 Å². The second-order valence-electron chi connectivity index (χ2n) is 7.37. The van der Waals surface area contributed by atoms with Gasteiger partial charge < -0.3 is 14.8 Å². The van der Waals surface area contributed by atoms with Gasteiger partial charge in [0.2, 0.25) is 0 Å². The summed E-state index contributed by atoms with van der Waals surface area (Å²) in [6.45, 7) is 6.53. The first-order valence-electron chi connectivity index (χ1n) is 10.9. The molecular weight excluding hydrogens is 366 g/mol. The number of methoxy groups -OCH3 is 2. The second kappa shape index (κ2) is 7.28. The molecule has 150 valence electrons. The quantitative estimate of drug-likeness (QED) is 0.720. The fourth-order valence-corrected chi connectivity index (χ4v) is 4.03. The lowest BCUT2D eigenvalue weighted by Gasteiger charge is -2.24. The smallest absolute Gasteiger partial charge is 0.350 e. The van der Waals surface area contributed by atoms with E-state index >= 15 is 0 Å². The first-order valence-corrected chi connectivity index (χ1v) is 9.43. The van der Waals surface area contributed by atoms with Crippen molar-refractivity contribution in [2.45, 2.75) is 33.7 Å². The zero-order valence-corrected chi connectivity index (χ0v) is 16.9. The predicted molar refractivity (Wildman–Crippen MR) is 115 cm³/mol. The molecule has 2 heterocycles. The topological polar surface area (TPSA) is 65.4 Å². The van der Waals surface area contributed by atoms with E-state index in [-0.39, 0.29) is 11.4 Å². The van der Waals surface area contributed by atoms with Crippen LogP contribution in [0.15, 0.2) is 35.1 Å². The summed E-state index contributed by atoms with van der Waals surface area (Å²) in [5.74, 6) is 0.871. The normalized spacial score (nSPS) is 14.1. The van der Waals surface area contributed by atoms with Crippen LogP contribution in [0.4, 0.5) is 11.5 Å². The number of aryl methyl sites for hydroxylation is 4. The van der Waals surface area contributed by atoms with E-state index in [9.17, 15) is 4.79 Å². The number of nitrogens with zero attached hydrogens (tertiary/aromatic N) is 2. The van der Waals surface area contributed by atoms with E-state index in [1.807, 2.05) is 26.8 Å². The molecule has 0 saturated carbocycles. The Morgan fingerprint density at radius 1 is 1.07 bits per heavy atom. The maximum absolute atomic E-state index is 12.8. The van der Waals surface area contributed by atoms with Gasteiger partial charge in [-0.05, 0) is 56.0 Å². The van der Waals surface area contributed by atoms with Crippen molar-refractivity contribution in [3.63, 3.8) is 0 Å². The van der Waals surface area contributed by atoms with Crippen LogP contribution in [0.5, 0.6) is 11.5 Å². The Hall–Kier alpha value is -3.28. The molecule has 3 aromatic rings. The van der Waals surface area contributed by atoms with Crippen LogP contribution >= 0.6 is 0 Å². The fraction of sp³-hybridized carbons (Fsp3) is 0.304. The van der Waals surface area contributed by atoms with Crippen LogP contribution in [0.1, 0.15) is 26.4 Å². The minimum absolute atomic E-state index is 0.101. The molecule has 0 spiro atoms. The summed E-state index contributed by atoms with van der Waals surface area (Å²) >= 11 is 0. The Morgan fingerprint density at radius 3 is 2.48 bits per heavy atom. The minimum Gasteiger partial charge on any atom is -0.493 e. The highest BCUT2D eigenvalue weighted by Gasteiger charge is 2.22. The van der Waals surface area contributed by atoms with Gasteiger partial charge in [-0.3, -0.25) is 4.57 Å². The molecule has 0 atom stereocenters. The van der Waals surface area contributed by atoms with Gasteiger partial charge in [0.1, 0.15) is 5.82 Å². The molecule has 4 rings (SSSR count). The molecule has 2 aromatic carbocycles. The van der Waals surface area contributed by atoms with E-state index in [1.165, 1.54) is 7.11 Å². The van der Waals surface area contributed by atoms with Gasteiger partial charge in [-0.15, -0.1) is 0 Å². The molecule has 1 aliphatic rings. The van der Waals surface area contributed by atoms with Gasteiger partial charge in [0, 0.05) is 23.9 Å². The van der Waals surface area contributed by atoms with Crippen LogP contribution in [-0.2, 0) is 13.0 Å². The Kier molecular flexibility index (Phi) is 3.92. The lowest BCUT2D eigenvalue weighted by atomic mass is 9.96. The summed E-state index contributed by atoms with van der Waals surface area (Å²) in [5, 5.41) is 3.29. The van der Waals surface area contributed by atoms with Gasteiger partial charge in [0.15, 0.2) is 11.5 Å². The summed E-state index contributed by atoms with van der Waals surface area (Å²) in [4.78, 5) is 17.0. The van der Waals surface area contributed by atoms with Crippen LogP contribution in [0.2, 0.25) is 0 Å². The van der Waals surface area contributed by atoms with Crippen molar-refractivity contribution in [2.75, 3.05) is 19.5 Å². The molecule has 29 heavy (non-hydrogen) atoms. The number of rotatable bonds is 4. The fourth-order valence-electron chi connectivity index (χ4n) is 4.03. The van der Waals surface area contributed by atoms with E-state index in [4.69, 9.17) is 13.6 Å². The minimum atomic E-state index is -2.62. The first-order chi connectivity index (χ1) is 15.1.